The lowest BCUT2D eigenvalue weighted by Gasteiger charge is -2.16. The fraction of sp³-hybridized carbons (Fsp3) is 0.833. The number of hydrogen-bond donors (Lipinski definition) is 0. The first kappa shape index (κ1) is 11.0. The number of rotatable bonds is 4. The number of hydrogen-bond acceptors (Lipinski definition) is 3. The molecule has 0 aliphatic rings. The molecule has 0 rings (SSSR count). The van der Waals surface area contributed by atoms with Crippen molar-refractivity contribution in [3.05, 3.63) is 10.4 Å². The molecule has 0 fully saturated rings. The zero-order valence-electron chi connectivity index (χ0n) is 7.57. The van der Waals surface area contributed by atoms with Gasteiger partial charge in [0.05, 0.1) is 0 Å². The van der Waals surface area contributed by atoms with E-state index >= 15 is 0 Å². The molecule has 0 aromatic rings. The van der Waals surface area contributed by atoms with Gasteiger partial charge in [0, 0.05) is 17.9 Å². The molecule has 0 atom stereocenters. The molecule has 0 aromatic carbocycles. The zero-order valence-corrected chi connectivity index (χ0v) is 8.57. The monoisotopic (exact) mass is 187 g/mol. The van der Waals surface area contributed by atoms with Crippen LogP contribution in [0, 0.1) is 0 Å². The van der Waals surface area contributed by atoms with E-state index in [0.29, 0.717) is 0 Å². The van der Waals surface area contributed by atoms with Crippen LogP contribution in [-0.4, -0.2) is 20.8 Å². The van der Waals surface area contributed by atoms with Crippen molar-refractivity contribution < 1.29 is 9.22 Å². The molecule has 0 N–H and O–H groups in total. The average molecular weight is 187 g/mol. The first-order valence-corrected chi connectivity index (χ1v) is 7.09. The van der Waals surface area contributed by atoms with Gasteiger partial charge in [-0.1, -0.05) is 5.11 Å². The third-order valence-electron chi connectivity index (χ3n) is 0.899. The van der Waals surface area contributed by atoms with Crippen LogP contribution in [0.15, 0.2) is 5.11 Å². The fourth-order valence-corrected chi connectivity index (χ4v) is 1.36. The molecule has 0 amide bonds. The second kappa shape index (κ2) is 4.79. The van der Waals surface area contributed by atoms with Crippen LogP contribution in [-0.2, 0) is 9.22 Å². The van der Waals surface area contributed by atoms with Crippen LogP contribution in [0.2, 0.25) is 19.6 Å². The molecule has 0 saturated heterocycles. The maximum atomic E-state index is 11.0. The second-order valence-corrected chi connectivity index (χ2v) is 7.72. The minimum Gasteiger partial charge on any atom is -0.520 e. The molecule has 0 unspecified atom stereocenters. The summed E-state index contributed by atoms with van der Waals surface area (Å²) in [5.41, 5.74) is 7.93. The molecule has 5 nitrogen and oxygen atoms in total. The summed E-state index contributed by atoms with van der Waals surface area (Å²) in [6.45, 7) is 5.97. The highest BCUT2D eigenvalue weighted by Gasteiger charge is 2.18. The summed E-state index contributed by atoms with van der Waals surface area (Å²) in [5, 5.41) is 3.24. The van der Waals surface area contributed by atoms with E-state index in [0.717, 1.165) is 0 Å². The lowest BCUT2D eigenvalue weighted by molar-refractivity contribution is -0.134. The number of nitrogens with zero attached hydrogens (tertiary/aromatic N) is 3. The summed E-state index contributed by atoms with van der Waals surface area (Å²) in [6, 6.07) is 0. The van der Waals surface area contributed by atoms with E-state index < -0.39 is 8.32 Å². The third kappa shape index (κ3) is 7.11. The van der Waals surface area contributed by atoms with E-state index in [-0.39, 0.29) is 18.9 Å². The van der Waals surface area contributed by atoms with Gasteiger partial charge in [-0.05, 0) is 25.2 Å². The summed E-state index contributed by atoms with van der Waals surface area (Å²) < 4.78 is 5.10. The van der Waals surface area contributed by atoms with E-state index in [2.05, 4.69) is 10.0 Å². The highest BCUT2D eigenvalue weighted by atomic mass is 28.4. The quantitative estimate of drug-likeness (QED) is 0.292. The average Bonchev–Trinajstić information content (AvgIpc) is 1.84. The van der Waals surface area contributed by atoms with E-state index in [4.69, 9.17) is 9.96 Å². The molecule has 0 saturated carbocycles. The highest BCUT2D eigenvalue weighted by molar-refractivity contribution is 6.71. The van der Waals surface area contributed by atoms with Gasteiger partial charge in [-0.15, -0.1) is 0 Å². The van der Waals surface area contributed by atoms with Crippen LogP contribution in [0.5, 0.6) is 0 Å². The number of azide groups is 1. The zero-order chi connectivity index (χ0) is 9.61. The topological polar surface area (TPSA) is 75.1 Å². The first-order valence-electron chi connectivity index (χ1n) is 3.68. The standard InChI is InChI=1S/C6H13N3O2Si/c1-12(2,3)11-6(10)4-5-8-9-7/h4-5H2,1-3H3. The van der Waals surface area contributed by atoms with Crippen molar-refractivity contribution in [1.29, 1.82) is 0 Å². The molecular weight excluding hydrogens is 174 g/mol. The molecule has 0 radical (unpaired) electrons. The Labute approximate surface area is 72.5 Å². The summed E-state index contributed by atoms with van der Waals surface area (Å²) in [5.74, 6) is -0.276. The highest BCUT2D eigenvalue weighted by Crippen LogP contribution is 2.04. The normalized spacial score (nSPS) is 10.2. The third-order valence-corrected chi connectivity index (χ3v) is 1.74. The van der Waals surface area contributed by atoms with Crippen molar-refractivity contribution in [3.63, 3.8) is 0 Å². The van der Waals surface area contributed by atoms with E-state index in [1.807, 2.05) is 19.6 Å². The predicted molar refractivity (Wildman–Crippen MR) is 48.1 cm³/mol. The Hall–Kier alpha value is -1.00. The minimum atomic E-state index is -1.76. The molecule has 68 valence electrons. The van der Waals surface area contributed by atoms with Crippen molar-refractivity contribution >= 4 is 14.3 Å². The summed E-state index contributed by atoms with van der Waals surface area (Å²) >= 11 is 0. The molecule has 12 heavy (non-hydrogen) atoms. The predicted octanol–water partition coefficient (Wildman–Crippen LogP) is 2.06. The number of carbonyl (C=O) groups is 1. The van der Waals surface area contributed by atoms with Crippen molar-refractivity contribution in [3.8, 4) is 0 Å². The van der Waals surface area contributed by atoms with Gasteiger partial charge in [0.1, 0.15) is 0 Å². The smallest absolute Gasteiger partial charge is 0.292 e. The Morgan fingerprint density at radius 3 is 2.58 bits per heavy atom. The number of carbonyl (C=O) groups excluding carboxylic acids is 1. The summed E-state index contributed by atoms with van der Waals surface area (Å²) in [6.07, 6.45) is 0.175. The molecule has 0 aliphatic heterocycles. The van der Waals surface area contributed by atoms with E-state index in [1.165, 1.54) is 0 Å². The van der Waals surface area contributed by atoms with Crippen LogP contribution < -0.4 is 0 Å². The van der Waals surface area contributed by atoms with Gasteiger partial charge in [0.25, 0.3) is 5.97 Å². The van der Waals surface area contributed by atoms with Gasteiger partial charge in [-0.2, -0.15) is 0 Å². The van der Waals surface area contributed by atoms with Crippen molar-refractivity contribution in [1.82, 2.24) is 0 Å². The Bertz CT molecular complexity index is 205. The lowest BCUT2D eigenvalue weighted by atomic mass is 10.4. The van der Waals surface area contributed by atoms with Crippen LogP contribution >= 0.6 is 0 Å². The van der Waals surface area contributed by atoms with Crippen LogP contribution in [0.4, 0.5) is 0 Å². The van der Waals surface area contributed by atoms with Crippen molar-refractivity contribution in [2.24, 2.45) is 5.11 Å². The molecule has 0 bridgehead atoms. The fourth-order valence-electron chi connectivity index (χ4n) is 0.579. The Morgan fingerprint density at radius 2 is 2.17 bits per heavy atom. The van der Waals surface area contributed by atoms with Gasteiger partial charge in [0.15, 0.2) is 0 Å². The van der Waals surface area contributed by atoms with Crippen LogP contribution in [0.1, 0.15) is 6.42 Å². The Balaban J connectivity index is 3.68. The molecule has 0 spiro atoms. The van der Waals surface area contributed by atoms with Gasteiger partial charge < -0.3 is 4.43 Å². The van der Waals surface area contributed by atoms with E-state index in [1.54, 1.807) is 0 Å². The molecule has 0 aliphatic carbocycles. The maximum absolute atomic E-state index is 11.0. The van der Waals surface area contributed by atoms with Gasteiger partial charge >= 0.3 is 0 Å². The van der Waals surface area contributed by atoms with Crippen LogP contribution in [0.3, 0.4) is 0 Å². The first-order chi connectivity index (χ1) is 5.45. The molecule has 0 heterocycles. The van der Waals surface area contributed by atoms with Crippen molar-refractivity contribution in [2.45, 2.75) is 26.1 Å². The van der Waals surface area contributed by atoms with Gasteiger partial charge in [-0.3, -0.25) is 4.79 Å². The molecular formula is C6H13N3O2Si. The van der Waals surface area contributed by atoms with Gasteiger partial charge in [-0.25, -0.2) is 0 Å². The van der Waals surface area contributed by atoms with E-state index in [9.17, 15) is 4.79 Å². The lowest BCUT2D eigenvalue weighted by Crippen LogP contribution is -2.29. The SMILES string of the molecule is C[Si](C)(C)OC(=O)CCN=[N+]=[N-]. The molecule has 0 aromatic heterocycles. The van der Waals surface area contributed by atoms with Gasteiger partial charge in [0.2, 0.25) is 8.32 Å². The Kier molecular flexibility index (Phi) is 4.39. The summed E-state index contributed by atoms with van der Waals surface area (Å²) in [7, 11) is -1.76. The van der Waals surface area contributed by atoms with Crippen molar-refractivity contribution in [2.75, 3.05) is 6.54 Å². The summed E-state index contributed by atoms with van der Waals surface area (Å²) in [4.78, 5) is 13.5. The minimum absolute atomic E-state index is 0.175. The maximum Gasteiger partial charge on any atom is 0.292 e. The largest absolute Gasteiger partial charge is 0.520 e. The second-order valence-electron chi connectivity index (χ2n) is 3.29. The molecule has 6 heteroatoms. The van der Waals surface area contributed by atoms with Crippen LogP contribution in [0.25, 0.3) is 10.4 Å². The Morgan fingerprint density at radius 1 is 1.58 bits per heavy atom.